The molecule has 3 heterocycles. The van der Waals surface area contributed by atoms with Crippen LogP contribution in [0.2, 0.25) is 0 Å². The Morgan fingerprint density at radius 1 is 1.39 bits per heavy atom. The minimum atomic E-state index is 0.103. The Bertz CT molecular complexity index is 882. The number of rotatable bonds is 2. The summed E-state index contributed by atoms with van der Waals surface area (Å²) in [4.78, 5) is 19.3. The van der Waals surface area contributed by atoms with Gasteiger partial charge in [-0.25, -0.2) is 4.98 Å². The summed E-state index contributed by atoms with van der Waals surface area (Å²) in [6, 6.07) is 5.91. The zero-order valence-corrected chi connectivity index (χ0v) is 14.0. The summed E-state index contributed by atoms with van der Waals surface area (Å²) in [5, 5.41) is 4.43. The monoisotopic (exact) mass is 326 g/mol. The zero-order chi connectivity index (χ0) is 16.0. The standard InChI is InChI=1S/C17H18N4OS/c1-11-13(9-20(2)19-11)15-4-3-7-21(15)17(22)12-5-6-14-16(8-12)23-10-18-14/h5-6,8-10,15H,3-4,7H2,1-2H3. The van der Waals surface area contributed by atoms with Gasteiger partial charge in [-0.3, -0.25) is 9.48 Å². The van der Waals surface area contributed by atoms with Gasteiger partial charge in [0.15, 0.2) is 0 Å². The van der Waals surface area contributed by atoms with Crippen LogP contribution in [0.25, 0.3) is 10.2 Å². The van der Waals surface area contributed by atoms with Gasteiger partial charge in [-0.2, -0.15) is 5.10 Å². The average Bonchev–Trinajstić information content (AvgIpc) is 3.24. The smallest absolute Gasteiger partial charge is 0.254 e. The molecule has 2 aromatic heterocycles. The van der Waals surface area contributed by atoms with Crippen LogP contribution in [0.4, 0.5) is 0 Å². The van der Waals surface area contributed by atoms with E-state index < -0.39 is 0 Å². The lowest BCUT2D eigenvalue weighted by atomic mass is 10.0. The fraction of sp³-hybridized carbons (Fsp3) is 0.353. The third-order valence-electron chi connectivity index (χ3n) is 4.50. The molecule has 4 rings (SSSR count). The van der Waals surface area contributed by atoms with Crippen molar-refractivity contribution in [1.29, 1.82) is 0 Å². The first kappa shape index (κ1) is 14.4. The Kier molecular flexibility index (Phi) is 3.41. The van der Waals surface area contributed by atoms with Gasteiger partial charge in [-0.1, -0.05) is 0 Å². The maximum absolute atomic E-state index is 13.0. The normalized spacial score (nSPS) is 18.0. The molecular formula is C17H18N4OS. The predicted molar refractivity (Wildman–Crippen MR) is 90.6 cm³/mol. The minimum Gasteiger partial charge on any atom is -0.331 e. The van der Waals surface area contributed by atoms with E-state index in [1.807, 2.05) is 53.5 Å². The van der Waals surface area contributed by atoms with Gasteiger partial charge in [-0.15, -0.1) is 11.3 Å². The molecule has 1 unspecified atom stereocenters. The van der Waals surface area contributed by atoms with E-state index in [1.165, 1.54) is 0 Å². The molecule has 1 fully saturated rings. The third-order valence-corrected chi connectivity index (χ3v) is 5.29. The average molecular weight is 326 g/mol. The molecule has 0 saturated carbocycles. The molecule has 0 spiro atoms. The summed E-state index contributed by atoms with van der Waals surface area (Å²) < 4.78 is 2.89. The molecule has 1 aliphatic rings. The van der Waals surface area contributed by atoms with E-state index in [2.05, 4.69) is 10.1 Å². The number of fused-ring (bicyclic) bond motifs is 1. The van der Waals surface area contributed by atoms with Crippen LogP contribution in [-0.2, 0) is 7.05 Å². The predicted octanol–water partition coefficient (Wildman–Crippen LogP) is 3.32. The van der Waals surface area contributed by atoms with Crippen molar-refractivity contribution >= 4 is 27.5 Å². The molecule has 0 bridgehead atoms. The Morgan fingerprint density at radius 3 is 3.04 bits per heavy atom. The van der Waals surface area contributed by atoms with Crippen molar-refractivity contribution in [2.75, 3.05) is 6.54 Å². The highest BCUT2D eigenvalue weighted by Gasteiger charge is 2.32. The fourth-order valence-corrected chi connectivity index (χ4v) is 4.15. The third kappa shape index (κ3) is 2.43. The van der Waals surface area contributed by atoms with E-state index in [4.69, 9.17) is 0 Å². The molecule has 118 valence electrons. The van der Waals surface area contributed by atoms with Crippen LogP contribution in [0, 0.1) is 6.92 Å². The lowest BCUT2D eigenvalue weighted by Crippen LogP contribution is -2.30. The molecule has 1 aromatic carbocycles. The molecule has 1 aliphatic heterocycles. The number of likely N-dealkylation sites (tertiary alicyclic amines) is 1. The van der Waals surface area contributed by atoms with Crippen LogP contribution in [0.3, 0.4) is 0 Å². The number of aromatic nitrogens is 3. The topological polar surface area (TPSA) is 51.0 Å². The maximum atomic E-state index is 13.0. The molecule has 1 atom stereocenters. The first-order valence-corrected chi connectivity index (χ1v) is 8.66. The number of carbonyl (C=O) groups is 1. The second-order valence-electron chi connectivity index (χ2n) is 6.03. The quantitative estimate of drug-likeness (QED) is 0.726. The van der Waals surface area contributed by atoms with E-state index in [-0.39, 0.29) is 11.9 Å². The van der Waals surface area contributed by atoms with E-state index in [0.29, 0.717) is 0 Å². The highest BCUT2D eigenvalue weighted by molar-refractivity contribution is 7.16. The number of carbonyl (C=O) groups excluding carboxylic acids is 1. The van der Waals surface area contributed by atoms with Crippen LogP contribution in [-0.4, -0.2) is 32.1 Å². The summed E-state index contributed by atoms with van der Waals surface area (Å²) in [7, 11) is 1.93. The van der Waals surface area contributed by atoms with Gasteiger partial charge in [-0.05, 0) is 38.0 Å². The van der Waals surface area contributed by atoms with Crippen LogP contribution in [0.5, 0.6) is 0 Å². The van der Waals surface area contributed by atoms with Crippen LogP contribution in [0.1, 0.15) is 40.5 Å². The first-order chi connectivity index (χ1) is 11.1. The minimum absolute atomic E-state index is 0.103. The van der Waals surface area contributed by atoms with Crippen molar-refractivity contribution in [1.82, 2.24) is 19.7 Å². The highest BCUT2D eigenvalue weighted by atomic mass is 32.1. The lowest BCUT2D eigenvalue weighted by molar-refractivity contribution is 0.0735. The van der Waals surface area contributed by atoms with Gasteiger partial charge in [0.2, 0.25) is 0 Å². The van der Waals surface area contributed by atoms with Crippen molar-refractivity contribution in [3.63, 3.8) is 0 Å². The Balaban J connectivity index is 1.67. The first-order valence-electron chi connectivity index (χ1n) is 7.78. The lowest BCUT2D eigenvalue weighted by Gasteiger charge is -2.24. The second kappa shape index (κ2) is 5.45. The number of nitrogens with zero attached hydrogens (tertiary/aromatic N) is 4. The second-order valence-corrected chi connectivity index (χ2v) is 6.92. The van der Waals surface area contributed by atoms with E-state index >= 15 is 0 Å². The van der Waals surface area contributed by atoms with Gasteiger partial charge in [0.1, 0.15) is 0 Å². The summed E-state index contributed by atoms with van der Waals surface area (Å²) >= 11 is 1.57. The molecule has 1 amide bonds. The zero-order valence-electron chi connectivity index (χ0n) is 13.2. The van der Waals surface area contributed by atoms with Gasteiger partial charge >= 0.3 is 0 Å². The SMILES string of the molecule is Cc1nn(C)cc1C1CCCN1C(=O)c1ccc2ncsc2c1. The van der Waals surface area contributed by atoms with Gasteiger partial charge < -0.3 is 4.90 Å². The van der Waals surface area contributed by atoms with Crippen molar-refractivity contribution in [3.8, 4) is 0 Å². The number of amides is 1. The number of aryl methyl sites for hydroxylation is 2. The summed E-state index contributed by atoms with van der Waals surface area (Å²) in [5.74, 6) is 0.103. The van der Waals surface area contributed by atoms with Crippen LogP contribution < -0.4 is 0 Å². The molecule has 0 N–H and O–H groups in total. The fourth-order valence-electron chi connectivity index (χ4n) is 3.43. The summed E-state index contributed by atoms with van der Waals surface area (Å²) in [5.41, 5.74) is 5.69. The Morgan fingerprint density at radius 2 is 2.26 bits per heavy atom. The van der Waals surface area contributed by atoms with Crippen LogP contribution in [0.15, 0.2) is 29.9 Å². The largest absolute Gasteiger partial charge is 0.331 e. The Labute approximate surface area is 138 Å². The summed E-state index contributed by atoms with van der Waals surface area (Å²) in [6.07, 6.45) is 4.08. The number of benzene rings is 1. The van der Waals surface area contributed by atoms with Crippen LogP contribution >= 0.6 is 11.3 Å². The highest BCUT2D eigenvalue weighted by Crippen LogP contribution is 2.34. The van der Waals surface area contributed by atoms with E-state index in [9.17, 15) is 4.79 Å². The van der Waals surface area contributed by atoms with Crippen molar-refractivity contribution in [3.05, 3.63) is 46.7 Å². The summed E-state index contributed by atoms with van der Waals surface area (Å²) in [6.45, 7) is 2.82. The van der Waals surface area contributed by atoms with E-state index in [0.717, 1.165) is 46.4 Å². The van der Waals surface area contributed by atoms with Gasteiger partial charge in [0, 0.05) is 30.9 Å². The molecule has 1 saturated heterocycles. The molecule has 3 aromatic rings. The maximum Gasteiger partial charge on any atom is 0.254 e. The van der Waals surface area contributed by atoms with Crippen molar-refractivity contribution in [2.45, 2.75) is 25.8 Å². The molecule has 0 radical (unpaired) electrons. The Hall–Kier alpha value is -2.21. The molecule has 5 nitrogen and oxygen atoms in total. The van der Waals surface area contributed by atoms with Gasteiger partial charge in [0.05, 0.1) is 27.5 Å². The van der Waals surface area contributed by atoms with E-state index in [1.54, 1.807) is 11.3 Å². The molecule has 0 aliphatic carbocycles. The number of hydrogen-bond acceptors (Lipinski definition) is 4. The number of hydrogen-bond donors (Lipinski definition) is 0. The number of thiazole rings is 1. The van der Waals surface area contributed by atoms with Crippen molar-refractivity contribution in [2.24, 2.45) is 7.05 Å². The van der Waals surface area contributed by atoms with Crippen molar-refractivity contribution < 1.29 is 4.79 Å². The molecule has 6 heteroatoms. The molecular weight excluding hydrogens is 308 g/mol. The molecule has 23 heavy (non-hydrogen) atoms. The van der Waals surface area contributed by atoms with Gasteiger partial charge in [0.25, 0.3) is 5.91 Å².